The van der Waals surface area contributed by atoms with Crippen LogP contribution in [0.1, 0.15) is 6.42 Å². The molecule has 0 aliphatic carbocycles. The second-order valence-electron chi connectivity index (χ2n) is 2.30. The minimum absolute atomic E-state index is 0. The molecule has 2 rings (SSSR count). The second kappa shape index (κ2) is 2.33. The van der Waals surface area contributed by atoms with Crippen LogP contribution in [0, 0.1) is 0 Å². The van der Waals surface area contributed by atoms with Crippen molar-refractivity contribution in [3.05, 3.63) is 0 Å². The van der Waals surface area contributed by atoms with E-state index >= 15 is 0 Å². The molecule has 0 aromatic carbocycles. The molecule has 2 nitrogen and oxygen atoms in total. The molecule has 2 aliphatic rings. The van der Waals surface area contributed by atoms with Crippen LogP contribution >= 0.6 is 17.0 Å². The highest BCUT2D eigenvalue weighted by molar-refractivity contribution is 8.93. The summed E-state index contributed by atoms with van der Waals surface area (Å²) in [5.74, 6) is 0. The first-order valence-electron chi connectivity index (χ1n) is 2.80. The van der Waals surface area contributed by atoms with Gasteiger partial charge in [-0.2, -0.15) is 0 Å². The quantitative estimate of drug-likeness (QED) is 0.579. The van der Waals surface area contributed by atoms with E-state index in [-0.39, 0.29) is 17.0 Å². The molecule has 0 aromatic heterocycles. The smallest absolute Gasteiger partial charge is 0.0716 e. The van der Waals surface area contributed by atoms with Gasteiger partial charge in [0.15, 0.2) is 0 Å². The number of hydrogen-bond donors (Lipinski definition) is 1. The van der Waals surface area contributed by atoms with E-state index < -0.39 is 0 Å². The molecule has 48 valence electrons. The van der Waals surface area contributed by atoms with Crippen molar-refractivity contribution in [1.82, 2.24) is 5.32 Å². The average molecular weight is 180 g/mol. The third-order valence-electron chi connectivity index (χ3n) is 1.71. The first kappa shape index (κ1) is 6.52. The number of morpholine rings is 1. The highest BCUT2D eigenvalue weighted by atomic mass is 79.9. The molecule has 0 unspecified atom stereocenters. The molecule has 8 heavy (non-hydrogen) atoms. The predicted octanol–water partition coefficient (Wildman–Crippen LogP) is 0.325. The van der Waals surface area contributed by atoms with Crippen molar-refractivity contribution in [3.8, 4) is 0 Å². The highest BCUT2D eigenvalue weighted by Crippen LogP contribution is 2.17. The number of rotatable bonds is 0. The molecule has 0 saturated carbocycles. The highest BCUT2D eigenvalue weighted by Gasteiger charge is 2.31. The van der Waals surface area contributed by atoms with Crippen molar-refractivity contribution in [2.75, 3.05) is 13.2 Å². The summed E-state index contributed by atoms with van der Waals surface area (Å²) in [6.45, 7) is 2.04. The zero-order chi connectivity index (χ0) is 4.69. The summed E-state index contributed by atoms with van der Waals surface area (Å²) in [6.07, 6.45) is 1.81. The van der Waals surface area contributed by atoms with Gasteiger partial charge in [0.2, 0.25) is 0 Å². The molecule has 2 atom stereocenters. The van der Waals surface area contributed by atoms with E-state index in [1.165, 1.54) is 6.42 Å². The molecule has 2 bridgehead atoms. The van der Waals surface area contributed by atoms with E-state index in [0.29, 0.717) is 12.1 Å². The Hall–Kier alpha value is 0.400. The Kier molecular flexibility index (Phi) is 1.90. The van der Waals surface area contributed by atoms with Crippen LogP contribution < -0.4 is 5.32 Å². The van der Waals surface area contributed by atoms with E-state index in [1.807, 2.05) is 0 Å². The third-order valence-corrected chi connectivity index (χ3v) is 1.71. The van der Waals surface area contributed by atoms with Gasteiger partial charge in [0.1, 0.15) is 0 Å². The Labute approximate surface area is 59.4 Å². The average Bonchev–Trinajstić information content (AvgIpc) is 2.22. The zero-order valence-electron chi connectivity index (χ0n) is 4.59. The molecule has 2 saturated heterocycles. The summed E-state index contributed by atoms with van der Waals surface area (Å²) < 4.78 is 5.29. The maximum absolute atomic E-state index is 5.29. The van der Waals surface area contributed by atoms with Crippen LogP contribution in [0.25, 0.3) is 0 Å². The normalized spacial score (nSPS) is 42.0. The maximum atomic E-state index is 5.29. The first-order valence-corrected chi connectivity index (χ1v) is 2.80. The van der Waals surface area contributed by atoms with Gasteiger partial charge in [-0.1, -0.05) is 0 Å². The lowest BCUT2D eigenvalue weighted by atomic mass is 10.3. The largest absolute Gasteiger partial charge is 0.375 e. The van der Waals surface area contributed by atoms with Gasteiger partial charge in [-0.25, -0.2) is 0 Å². The van der Waals surface area contributed by atoms with Gasteiger partial charge in [0.25, 0.3) is 0 Å². The van der Waals surface area contributed by atoms with Crippen molar-refractivity contribution in [2.24, 2.45) is 0 Å². The summed E-state index contributed by atoms with van der Waals surface area (Å²) >= 11 is 0. The topological polar surface area (TPSA) is 21.3 Å². The maximum Gasteiger partial charge on any atom is 0.0716 e. The number of halogens is 1. The lowest BCUT2D eigenvalue weighted by molar-refractivity contribution is 0.0892. The Bertz CT molecular complexity index is 70.5. The standard InChI is InChI=1S/C5H9NO.BrH/c1-4-3-7-5(1)2-6-4;/h4-6H,1-3H2;1H/t4-,5-;/m1./s1. The Morgan fingerprint density at radius 1 is 1.50 bits per heavy atom. The number of hydrogen-bond acceptors (Lipinski definition) is 2. The van der Waals surface area contributed by atoms with E-state index in [9.17, 15) is 0 Å². The van der Waals surface area contributed by atoms with E-state index in [0.717, 1.165) is 13.2 Å². The van der Waals surface area contributed by atoms with Gasteiger partial charge >= 0.3 is 0 Å². The van der Waals surface area contributed by atoms with Crippen LogP contribution in [0.15, 0.2) is 0 Å². The van der Waals surface area contributed by atoms with Crippen molar-refractivity contribution in [2.45, 2.75) is 18.6 Å². The van der Waals surface area contributed by atoms with Crippen LogP contribution in [0.2, 0.25) is 0 Å². The molecule has 0 spiro atoms. The zero-order valence-corrected chi connectivity index (χ0v) is 6.31. The molecule has 2 aliphatic heterocycles. The fourth-order valence-corrected chi connectivity index (χ4v) is 1.29. The molecule has 2 heterocycles. The Morgan fingerprint density at radius 3 is 2.50 bits per heavy atom. The number of ether oxygens (including phenoxy) is 1. The van der Waals surface area contributed by atoms with Crippen molar-refractivity contribution in [1.29, 1.82) is 0 Å². The van der Waals surface area contributed by atoms with Crippen LogP contribution in [-0.4, -0.2) is 25.3 Å². The summed E-state index contributed by atoms with van der Waals surface area (Å²) in [4.78, 5) is 0. The van der Waals surface area contributed by atoms with E-state index in [1.54, 1.807) is 0 Å². The third kappa shape index (κ3) is 0.900. The number of fused-ring (bicyclic) bond motifs is 2. The lowest BCUT2D eigenvalue weighted by Crippen LogP contribution is -2.30. The first-order chi connectivity index (χ1) is 3.45. The minimum Gasteiger partial charge on any atom is -0.375 e. The summed E-state index contributed by atoms with van der Waals surface area (Å²) in [6, 6.07) is 0.699. The molecule has 3 heteroatoms. The molecule has 0 amide bonds. The fraction of sp³-hybridized carbons (Fsp3) is 1.00. The predicted molar refractivity (Wildman–Crippen MR) is 36.5 cm³/mol. The van der Waals surface area contributed by atoms with E-state index in [4.69, 9.17) is 4.74 Å². The van der Waals surface area contributed by atoms with Crippen LogP contribution in [-0.2, 0) is 4.74 Å². The molecule has 1 N–H and O–H groups in total. The van der Waals surface area contributed by atoms with Crippen LogP contribution in [0.5, 0.6) is 0 Å². The van der Waals surface area contributed by atoms with Crippen LogP contribution in [0.4, 0.5) is 0 Å². The summed E-state index contributed by atoms with van der Waals surface area (Å²) in [7, 11) is 0. The molecule has 2 fully saturated rings. The molecular formula is C5H10BrNO. The molecular weight excluding hydrogens is 170 g/mol. The van der Waals surface area contributed by atoms with Crippen molar-refractivity contribution < 1.29 is 4.74 Å². The molecule has 0 aromatic rings. The SMILES string of the molecule is Br.C1O[C@H]2CN[C@@H]1C2. The van der Waals surface area contributed by atoms with Gasteiger partial charge in [-0.3, -0.25) is 0 Å². The Morgan fingerprint density at radius 2 is 2.38 bits per heavy atom. The Balaban J connectivity index is 0.000000320. The minimum atomic E-state index is 0. The van der Waals surface area contributed by atoms with Gasteiger partial charge in [0.05, 0.1) is 12.7 Å². The number of nitrogens with one attached hydrogen (secondary N) is 1. The van der Waals surface area contributed by atoms with E-state index in [2.05, 4.69) is 5.32 Å². The molecule has 0 radical (unpaired) electrons. The van der Waals surface area contributed by atoms with Gasteiger partial charge in [-0.15, -0.1) is 17.0 Å². The van der Waals surface area contributed by atoms with Crippen molar-refractivity contribution in [3.63, 3.8) is 0 Å². The van der Waals surface area contributed by atoms with Gasteiger partial charge < -0.3 is 10.1 Å². The monoisotopic (exact) mass is 179 g/mol. The van der Waals surface area contributed by atoms with Gasteiger partial charge in [-0.05, 0) is 6.42 Å². The fourth-order valence-electron chi connectivity index (χ4n) is 1.29. The second-order valence-corrected chi connectivity index (χ2v) is 2.30. The summed E-state index contributed by atoms with van der Waals surface area (Å²) in [5, 5.41) is 3.33. The van der Waals surface area contributed by atoms with Gasteiger partial charge in [0, 0.05) is 12.6 Å². The summed E-state index contributed by atoms with van der Waals surface area (Å²) in [5.41, 5.74) is 0. The lowest BCUT2D eigenvalue weighted by Gasteiger charge is -2.09. The van der Waals surface area contributed by atoms with Crippen LogP contribution in [0.3, 0.4) is 0 Å². The van der Waals surface area contributed by atoms with Crippen molar-refractivity contribution >= 4 is 17.0 Å².